The van der Waals surface area contributed by atoms with E-state index in [2.05, 4.69) is 6.58 Å². The van der Waals surface area contributed by atoms with E-state index < -0.39 is 11.7 Å². The molecule has 23 heavy (non-hydrogen) atoms. The monoisotopic (exact) mass is 325 g/mol. The zero-order chi connectivity index (χ0) is 17.0. The van der Waals surface area contributed by atoms with E-state index in [9.17, 15) is 18.0 Å². The number of rotatable bonds is 4. The molecule has 124 valence electrons. The van der Waals surface area contributed by atoms with E-state index in [1.165, 1.54) is 18.2 Å². The molecule has 1 aromatic rings. The van der Waals surface area contributed by atoms with Gasteiger partial charge in [0.05, 0.1) is 11.7 Å². The van der Waals surface area contributed by atoms with Crippen LogP contribution >= 0.6 is 0 Å². The van der Waals surface area contributed by atoms with Gasteiger partial charge >= 0.3 is 6.18 Å². The Labute approximate surface area is 133 Å². The van der Waals surface area contributed by atoms with Gasteiger partial charge in [0.1, 0.15) is 0 Å². The number of methoxy groups -OCH3 is 1. The standard InChI is InChI=1S/C17H18F3NO2/c1-3-16(22)21-10-13(15(11-21)23-2)7-4-12-5-8-14(9-6-12)17(18,19)20/h3-9,13,15H,1,10-11H2,2H3/b7-4+. The highest BCUT2D eigenvalue weighted by atomic mass is 19.4. The van der Waals surface area contributed by atoms with E-state index in [1.54, 1.807) is 18.1 Å². The Morgan fingerprint density at radius 1 is 1.30 bits per heavy atom. The third-order valence-corrected chi connectivity index (χ3v) is 3.87. The van der Waals surface area contributed by atoms with Gasteiger partial charge < -0.3 is 9.64 Å². The Balaban J connectivity index is 2.06. The highest BCUT2D eigenvalue weighted by Crippen LogP contribution is 2.29. The number of benzene rings is 1. The van der Waals surface area contributed by atoms with Crippen LogP contribution in [-0.4, -0.2) is 37.1 Å². The van der Waals surface area contributed by atoms with Crippen LogP contribution in [0.25, 0.3) is 6.08 Å². The van der Waals surface area contributed by atoms with Gasteiger partial charge in [0.2, 0.25) is 5.91 Å². The van der Waals surface area contributed by atoms with E-state index in [0.29, 0.717) is 18.7 Å². The summed E-state index contributed by atoms with van der Waals surface area (Å²) in [6.07, 6.45) is 0.408. The fourth-order valence-electron chi connectivity index (χ4n) is 2.56. The predicted octanol–water partition coefficient (Wildman–Crippen LogP) is 3.38. The number of hydrogen-bond donors (Lipinski definition) is 0. The molecule has 1 aliphatic rings. The number of alkyl halides is 3. The third-order valence-electron chi connectivity index (χ3n) is 3.87. The van der Waals surface area contributed by atoms with Crippen molar-refractivity contribution in [2.45, 2.75) is 12.3 Å². The second-order valence-corrected chi connectivity index (χ2v) is 5.36. The molecule has 0 N–H and O–H groups in total. The van der Waals surface area contributed by atoms with E-state index in [-0.39, 0.29) is 17.9 Å². The normalized spacial score (nSPS) is 21.8. The molecule has 2 rings (SSSR count). The number of carbonyl (C=O) groups is 1. The van der Waals surface area contributed by atoms with Gasteiger partial charge in [-0.25, -0.2) is 0 Å². The number of hydrogen-bond acceptors (Lipinski definition) is 2. The maximum Gasteiger partial charge on any atom is 0.416 e. The molecule has 1 fully saturated rings. The van der Waals surface area contributed by atoms with Crippen molar-refractivity contribution in [1.29, 1.82) is 0 Å². The SMILES string of the molecule is C=CC(=O)N1CC(/C=C/c2ccc(C(F)(F)F)cc2)C(OC)C1. The maximum atomic E-state index is 12.5. The lowest BCUT2D eigenvalue weighted by Gasteiger charge is -2.12. The molecule has 1 saturated heterocycles. The summed E-state index contributed by atoms with van der Waals surface area (Å²) in [6.45, 7) is 4.44. The first kappa shape index (κ1) is 17.3. The fourth-order valence-corrected chi connectivity index (χ4v) is 2.56. The molecule has 6 heteroatoms. The second-order valence-electron chi connectivity index (χ2n) is 5.36. The molecule has 1 aromatic carbocycles. The molecule has 1 heterocycles. The molecule has 0 aromatic heterocycles. The Bertz CT molecular complexity index is 593. The van der Waals surface area contributed by atoms with Crippen LogP contribution in [0.15, 0.2) is 43.0 Å². The van der Waals surface area contributed by atoms with Gasteiger partial charge in [0.15, 0.2) is 0 Å². The van der Waals surface area contributed by atoms with Gasteiger partial charge in [-0.2, -0.15) is 13.2 Å². The van der Waals surface area contributed by atoms with Crippen LogP contribution in [0.4, 0.5) is 13.2 Å². The fraction of sp³-hybridized carbons (Fsp3) is 0.353. The number of halogens is 3. The van der Waals surface area contributed by atoms with Crippen LogP contribution in [0.3, 0.4) is 0 Å². The third kappa shape index (κ3) is 4.22. The molecule has 0 radical (unpaired) electrons. The van der Waals surface area contributed by atoms with E-state index >= 15 is 0 Å². The number of nitrogens with zero attached hydrogens (tertiary/aromatic N) is 1. The number of ether oxygens (including phenoxy) is 1. The van der Waals surface area contributed by atoms with Crippen molar-refractivity contribution in [2.75, 3.05) is 20.2 Å². The molecule has 2 unspecified atom stereocenters. The summed E-state index contributed by atoms with van der Waals surface area (Å²) in [7, 11) is 1.57. The molecule has 1 amide bonds. The molecule has 1 aliphatic heterocycles. The van der Waals surface area contributed by atoms with Crippen LogP contribution in [0.5, 0.6) is 0 Å². The predicted molar refractivity (Wildman–Crippen MR) is 81.5 cm³/mol. The van der Waals surface area contributed by atoms with Crippen LogP contribution in [-0.2, 0) is 15.7 Å². The average molecular weight is 325 g/mol. The van der Waals surface area contributed by atoms with Crippen molar-refractivity contribution in [3.8, 4) is 0 Å². The van der Waals surface area contributed by atoms with Crippen molar-refractivity contribution in [1.82, 2.24) is 4.90 Å². The summed E-state index contributed by atoms with van der Waals surface area (Å²) in [4.78, 5) is 13.3. The smallest absolute Gasteiger partial charge is 0.379 e. The van der Waals surface area contributed by atoms with Gasteiger partial charge in [-0.3, -0.25) is 4.79 Å². The minimum absolute atomic E-state index is 0.00815. The zero-order valence-electron chi connectivity index (χ0n) is 12.7. The van der Waals surface area contributed by atoms with Crippen molar-refractivity contribution in [2.24, 2.45) is 5.92 Å². The molecule has 0 spiro atoms. The van der Waals surface area contributed by atoms with Gasteiger partial charge in [-0.05, 0) is 23.8 Å². The summed E-state index contributed by atoms with van der Waals surface area (Å²) < 4.78 is 42.9. The second kappa shape index (κ2) is 7.00. The number of likely N-dealkylation sites (tertiary alicyclic amines) is 1. The first-order valence-corrected chi connectivity index (χ1v) is 7.14. The lowest BCUT2D eigenvalue weighted by Crippen LogP contribution is -2.28. The van der Waals surface area contributed by atoms with Gasteiger partial charge in [0.25, 0.3) is 0 Å². The number of carbonyl (C=O) groups excluding carboxylic acids is 1. The topological polar surface area (TPSA) is 29.5 Å². The molecule has 0 bridgehead atoms. The summed E-state index contributed by atoms with van der Waals surface area (Å²) in [5.74, 6) is -0.163. The van der Waals surface area contributed by atoms with Crippen LogP contribution < -0.4 is 0 Å². The van der Waals surface area contributed by atoms with Gasteiger partial charge in [0, 0.05) is 26.1 Å². The average Bonchev–Trinajstić information content (AvgIpc) is 2.95. The summed E-state index contributed by atoms with van der Waals surface area (Å²) in [5.41, 5.74) is -0.00519. The van der Waals surface area contributed by atoms with Crippen LogP contribution in [0.2, 0.25) is 0 Å². The maximum absolute atomic E-state index is 12.5. The molecular formula is C17H18F3NO2. The largest absolute Gasteiger partial charge is 0.416 e. The van der Waals surface area contributed by atoms with Gasteiger partial charge in [-0.15, -0.1) is 0 Å². The Morgan fingerprint density at radius 2 is 1.96 bits per heavy atom. The van der Waals surface area contributed by atoms with Gasteiger partial charge in [-0.1, -0.05) is 30.9 Å². The quantitative estimate of drug-likeness (QED) is 0.794. The first-order valence-electron chi connectivity index (χ1n) is 7.14. The van der Waals surface area contributed by atoms with Crippen molar-refractivity contribution >= 4 is 12.0 Å². The highest BCUT2D eigenvalue weighted by molar-refractivity contribution is 5.87. The lowest BCUT2D eigenvalue weighted by atomic mass is 10.0. The minimum Gasteiger partial charge on any atom is -0.379 e. The summed E-state index contributed by atoms with van der Waals surface area (Å²) in [6, 6.07) is 4.94. The summed E-state index contributed by atoms with van der Waals surface area (Å²) in [5, 5.41) is 0. The van der Waals surface area contributed by atoms with Crippen LogP contribution in [0, 0.1) is 5.92 Å². The number of amides is 1. The summed E-state index contributed by atoms with van der Waals surface area (Å²) >= 11 is 0. The Kier molecular flexibility index (Phi) is 5.26. The van der Waals surface area contributed by atoms with Crippen molar-refractivity contribution in [3.05, 3.63) is 54.1 Å². The Morgan fingerprint density at radius 3 is 2.48 bits per heavy atom. The highest BCUT2D eigenvalue weighted by Gasteiger charge is 2.33. The molecule has 2 atom stereocenters. The molecule has 0 saturated carbocycles. The van der Waals surface area contributed by atoms with Crippen LogP contribution in [0.1, 0.15) is 11.1 Å². The van der Waals surface area contributed by atoms with Crippen molar-refractivity contribution < 1.29 is 22.7 Å². The van der Waals surface area contributed by atoms with E-state index in [1.807, 2.05) is 6.08 Å². The Hall–Kier alpha value is -2.08. The first-order chi connectivity index (χ1) is 10.8. The molecule has 0 aliphatic carbocycles. The van der Waals surface area contributed by atoms with Crippen molar-refractivity contribution in [3.63, 3.8) is 0 Å². The van der Waals surface area contributed by atoms with E-state index in [0.717, 1.165) is 12.1 Å². The zero-order valence-corrected chi connectivity index (χ0v) is 12.7. The molecular weight excluding hydrogens is 307 g/mol. The van der Waals surface area contributed by atoms with E-state index in [4.69, 9.17) is 4.74 Å². The molecule has 3 nitrogen and oxygen atoms in total. The minimum atomic E-state index is -4.33. The lowest BCUT2D eigenvalue weighted by molar-refractivity contribution is -0.137.